The Labute approximate surface area is 122 Å². The number of rotatable bonds is 6. The molecule has 0 amide bonds. The van der Waals surface area contributed by atoms with Crippen LogP contribution in [0.2, 0.25) is 0 Å². The molecule has 0 aliphatic heterocycles. The van der Waals surface area contributed by atoms with Crippen LogP contribution in [-0.2, 0) is 0 Å². The predicted octanol–water partition coefficient (Wildman–Crippen LogP) is 4.62. The molecule has 2 fully saturated rings. The van der Waals surface area contributed by atoms with Gasteiger partial charge in [0.05, 0.1) is 12.2 Å². The number of aliphatic hydroxyl groups is 1. The normalized spacial score (nSPS) is 21.6. The topological polar surface area (TPSA) is 29.5 Å². The standard InChI is InChI=1S/C18H26O2/c19-18(12-9-14-5-2-1-3-6-14)15-7-4-8-17(13-15)20-16-10-11-16/h4,7-8,13-14,16,18-19H,1-3,5-6,9-12H2. The zero-order chi connectivity index (χ0) is 13.8. The fourth-order valence-corrected chi connectivity index (χ4v) is 3.21. The molecule has 0 saturated heterocycles. The summed E-state index contributed by atoms with van der Waals surface area (Å²) in [5, 5.41) is 10.4. The quantitative estimate of drug-likeness (QED) is 0.820. The highest BCUT2D eigenvalue weighted by atomic mass is 16.5. The smallest absolute Gasteiger partial charge is 0.120 e. The Balaban J connectivity index is 1.51. The van der Waals surface area contributed by atoms with Crippen molar-refractivity contribution in [1.29, 1.82) is 0 Å². The predicted molar refractivity (Wildman–Crippen MR) is 80.9 cm³/mol. The van der Waals surface area contributed by atoms with Crippen LogP contribution in [0.25, 0.3) is 0 Å². The lowest BCUT2D eigenvalue weighted by molar-refractivity contribution is 0.151. The molecule has 1 N–H and O–H groups in total. The molecule has 2 heteroatoms. The van der Waals surface area contributed by atoms with E-state index in [2.05, 4.69) is 0 Å². The summed E-state index contributed by atoms with van der Waals surface area (Å²) in [6, 6.07) is 8.03. The fraction of sp³-hybridized carbons (Fsp3) is 0.667. The van der Waals surface area contributed by atoms with Gasteiger partial charge in [0.25, 0.3) is 0 Å². The molecule has 2 aliphatic rings. The van der Waals surface area contributed by atoms with Crippen LogP contribution in [0.4, 0.5) is 0 Å². The number of hydrogen-bond donors (Lipinski definition) is 1. The van der Waals surface area contributed by atoms with Crippen LogP contribution in [0.1, 0.15) is 69.5 Å². The van der Waals surface area contributed by atoms with Crippen LogP contribution in [0.15, 0.2) is 24.3 Å². The van der Waals surface area contributed by atoms with E-state index in [1.54, 1.807) is 0 Å². The Morgan fingerprint density at radius 1 is 1.10 bits per heavy atom. The molecule has 3 rings (SSSR count). The average Bonchev–Trinajstić information content (AvgIpc) is 3.30. The van der Waals surface area contributed by atoms with Gasteiger partial charge < -0.3 is 9.84 Å². The minimum atomic E-state index is -0.334. The van der Waals surface area contributed by atoms with Crippen molar-refractivity contribution < 1.29 is 9.84 Å². The molecule has 0 heterocycles. The van der Waals surface area contributed by atoms with E-state index in [1.165, 1.54) is 44.9 Å². The largest absolute Gasteiger partial charge is 0.490 e. The van der Waals surface area contributed by atoms with Gasteiger partial charge in [-0.3, -0.25) is 0 Å². The van der Waals surface area contributed by atoms with Crippen molar-refractivity contribution in [3.63, 3.8) is 0 Å². The van der Waals surface area contributed by atoms with E-state index in [-0.39, 0.29) is 6.10 Å². The Bertz CT molecular complexity index is 419. The molecule has 0 spiro atoms. The molecule has 2 saturated carbocycles. The van der Waals surface area contributed by atoms with E-state index in [0.717, 1.165) is 30.1 Å². The van der Waals surface area contributed by atoms with Crippen LogP contribution in [0.3, 0.4) is 0 Å². The number of ether oxygens (including phenoxy) is 1. The fourth-order valence-electron chi connectivity index (χ4n) is 3.21. The lowest BCUT2D eigenvalue weighted by Crippen LogP contribution is -2.08. The Morgan fingerprint density at radius 2 is 1.90 bits per heavy atom. The van der Waals surface area contributed by atoms with Crippen LogP contribution in [-0.4, -0.2) is 11.2 Å². The molecule has 0 bridgehead atoms. The summed E-state index contributed by atoms with van der Waals surface area (Å²) in [7, 11) is 0. The van der Waals surface area contributed by atoms with Gasteiger partial charge in [0, 0.05) is 0 Å². The van der Waals surface area contributed by atoms with E-state index < -0.39 is 0 Å². The van der Waals surface area contributed by atoms with Crippen molar-refractivity contribution in [2.45, 2.75) is 70.0 Å². The number of hydrogen-bond acceptors (Lipinski definition) is 2. The highest BCUT2D eigenvalue weighted by Crippen LogP contribution is 2.32. The summed E-state index contributed by atoms with van der Waals surface area (Å²) in [4.78, 5) is 0. The first-order valence-electron chi connectivity index (χ1n) is 8.26. The average molecular weight is 274 g/mol. The van der Waals surface area contributed by atoms with Gasteiger partial charge in [0.1, 0.15) is 5.75 Å². The van der Waals surface area contributed by atoms with Crippen LogP contribution >= 0.6 is 0 Å². The molecule has 110 valence electrons. The third kappa shape index (κ3) is 3.99. The van der Waals surface area contributed by atoms with Gasteiger partial charge in [0.15, 0.2) is 0 Å². The molecular formula is C18H26O2. The Morgan fingerprint density at radius 3 is 2.65 bits per heavy atom. The van der Waals surface area contributed by atoms with E-state index in [1.807, 2.05) is 24.3 Å². The highest BCUT2D eigenvalue weighted by molar-refractivity contribution is 5.30. The number of aliphatic hydroxyl groups excluding tert-OH is 1. The van der Waals surface area contributed by atoms with Gasteiger partial charge in [-0.25, -0.2) is 0 Å². The van der Waals surface area contributed by atoms with Crippen molar-refractivity contribution >= 4 is 0 Å². The molecule has 1 aromatic rings. The second-order valence-corrected chi connectivity index (χ2v) is 6.49. The zero-order valence-electron chi connectivity index (χ0n) is 12.3. The van der Waals surface area contributed by atoms with Crippen LogP contribution < -0.4 is 4.74 Å². The van der Waals surface area contributed by atoms with Gasteiger partial charge in [-0.05, 0) is 49.3 Å². The van der Waals surface area contributed by atoms with Gasteiger partial charge in [-0.15, -0.1) is 0 Å². The highest BCUT2D eigenvalue weighted by Gasteiger charge is 2.23. The monoisotopic (exact) mass is 274 g/mol. The van der Waals surface area contributed by atoms with Gasteiger partial charge in [-0.1, -0.05) is 44.2 Å². The van der Waals surface area contributed by atoms with Crippen LogP contribution in [0.5, 0.6) is 5.75 Å². The summed E-state index contributed by atoms with van der Waals surface area (Å²) in [5.41, 5.74) is 1.01. The van der Waals surface area contributed by atoms with Gasteiger partial charge in [-0.2, -0.15) is 0 Å². The molecule has 1 aromatic carbocycles. The third-order valence-electron chi connectivity index (χ3n) is 4.64. The Hall–Kier alpha value is -1.02. The van der Waals surface area contributed by atoms with Crippen molar-refractivity contribution in [2.24, 2.45) is 5.92 Å². The maximum absolute atomic E-state index is 10.4. The Kier molecular flexibility index (Phi) is 4.62. The minimum absolute atomic E-state index is 0.334. The molecule has 0 aromatic heterocycles. The molecule has 0 radical (unpaired) electrons. The van der Waals surface area contributed by atoms with E-state index in [9.17, 15) is 5.11 Å². The maximum Gasteiger partial charge on any atom is 0.120 e. The molecule has 1 unspecified atom stereocenters. The van der Waals surface area contributed by atoms with Gasteiger partial charge >= 0.3 is 0 Å². The van der Waals surface area contributed by atoms with Crippen LogP contribution in [0, 0.1) is 5.92 Å². The second-order valence-electron chi connectivity index (χ2n) is 6.49. The zero-order valence-corrected chi connectivity index (χ0v) is 12.3. The van der Waals surface area contributed by atoms with Crippen molar-refractivity contribution in [3.05, 3.63) is 29.8 Å². The lowest BCUT2D eigenvalue weighted by Gasteiger charge is -2.22. The summed E-state index contributed by atoms with van der Waals surface area (Å²) in [6.45, 7) is 0. The molecule has 2 nitrogen and oxygen atoms in total. The van der Waals surface area contributed by atoms with Crippen molar-refractivity contribution in [3.8, 4) is 5.75 Å². The lowest BCUT2D eigenvalue weighted by atomic mass is 9.85. The molecule has 20 heavy (non-hydrogen) atoms. The molecule has 1 atom stereocenters. The molecule has 2 aliphatic carbocycles. The number of benzene rings is 1. The molecular weight excluding hydrogens is 248 g/mol. The maximum atomic E-state index is 10.4. The summed E-state index contributed by atoms with van der Waals surface area (Å²) < 4.78 is 5.80. The minimum Gasteiger partial charge on any atom is -0.490 e. The van der Waals surface area contributed by atoms with E-state index >= 15 is 0 Å². The van der Waals surface area contributed by atoms with Crippen molar-refractivity contribution in [1.82, 2.24) is 0 Å². The summed E-state index contributed by atoms with van der Waals surface area (Å²) in [5.74, 6) is 1.76. The first kappa shape index (κ1) is 13.9. The van der Waals surface area contributed by atoms with E-state index in [0.29, 0.717) is 6.10 Å². The summed E-state index contributed by atoms with van der Waals surface area (Å²) in [6.07, 6.45) is 11.4. The SMILES string of the molecule is OC(CCC1CCCCC1)c1cccc(OC2CC2)c1. The second kappa shape index (κ2) is 6.62. The first-order valence-corrected chi connectivity index (χ1v) is 8.26. The third-order valence-corrected chi connectivity index (χ3v) is 4.64. The summed E-state index contributed by atoms with van der Waals surface area (Å²) >= 11 is 0. The van der Waals surface area contributed by atoms with Crippen molar-refractivity contribution in [2.75, 3.05) is 0 Å². The van der Waals surface area contributed by atoms with Gasteiger partial charge in [0.2, 0.25) is 0 Å². The first-order chi connectivity index (χ1) is 9.81. The van der Waals surface area contributed by atoms with E-state index in [4.69, 9.17) is 4.74 Å².